The molecule has 0 aliphatic carbocycles. The van der Waals surface area contributed by atoms with Crippen molar-refractivity contribution in [3.63, 3.8) is 0 Å². The molecule has 1 rings (SSSR count). The Morgan fingerprint density at radius 1 is 1.57 bits per heavy atom. The number of hydrogen-bond donors (Lipinski definition) is 1. The van der Waals surface area contributed by atoms with Crippen molar-refractivity contribution in [1.29, 1.82) is 0 Å². The minimum Gasteiger partial charge on any atom is -0.346 e. The highest BCUT2D eigenvalue weighted by atomic mass is 35.5. The van der Waals surface area contributed by atoms with Gasteiger partial charge in [0.1, 0.15) is 5.15 Å². The molecule has 14 heavy (non-hydrogen) atoms. The standard InChI is InChI=1S/C8H7ClF2N2O/c9-6-2-1-5(3-12-6)8(14)13-4-7(10)11/h1-3,7H,4H2,(H,13,14). The quantitative estimate of drug-likeness (QED) is 0.789. The van der Waals surface area contributed by atoms with Crippen molar-refractivity contribution in [3.05, 3.63) is 29.0 Å². The van der Waals surface area contributed by atoms with Gasteiger partial charge >= 0.3 is 0 Å². The summed E-state index contributed by atoms with van der Waals surface area (Å²) in [6.07, 6.45) is -1.33. The lowest BCUT2D eigenvalue weighted by atomic mass is 10.3. The lowest BCUT2D eigenvalue weighted by molar-refractivity contribution is 0.0891. The van der Waals surface area contributed by atoms with Gasteiger partial charge in [0.15, 0.2) is 0 Å². The molecular weight excluding hydrogens is 214 g/mol. The predicted molar refractivity (Wildman–Crippen MR) is 47.6 cm³/mol. The Labute approximate surface area is 84.1 Å². The second-order valence-corrected chi connectivity index (χ2v) is 2.86. The second kappa shape index (κ2) is 4.85. The molecule has 0 atom stereocenters. The maximum atomic E-state index is 11.7. The van der Waals surface area contributed by atoms with Gasteiger partial charge in [-0.15, -0.1) is 0 Å². The van der Waals surface area contributed by atoms with Crippen molar-refractivity contribution >= 4 is 17.5 Å². The number of alkyl halides is 2. The van der Waals surface area contributed by atoms with Gasteiger partial charge in [-0.25, -0.2) is 13.8 Å². The average Bonchev–Trinajstić information content (AvgIpc) is 2.15. The van der Waals surface area contributed by atoms with Gasteiger partial charge in [-0.05, 0) is 12.1 Å². The van der Waals surface area contributed by atoms with E-state index in [0.29, 0.717) is 0 Å². The van der Waals surface area contributed by atoms with Gasteiger partial charge in [-0.3, -0.25) is 4.79 Å². The van der Waals surface area contributed by atoms with Gasteiger partial charge in [0.25, 0.3) is 12.3 Å². The van der Waals surface area contributed by atoms with Crippen LogP contribution >= 0.6 is 11.6 Å². The molecule has 1 aromatic heterocycles. The van der Waals surface area contributed by atoms with Crippen molar-refractivity contribution in [2.75, 3.05) is 6.54 Å². The summed E-state index contributed by atoms with van der Waals surface area (Å²) in [5.41, 5.74) is 0.204. The van der Waals surface area contributed by atoms with E-state index in [1.807, 2.05) is 5.32 Å². The number of amides is 1. The van der Waals surface area contributed by atoms with E-state index in [1.165, 1.54) is 18.3 Å². The first-order valence-electron chi connectivity index (χ1n) is 3.77. The summed E-state index contributed by atoms with van der Waals surface area (Å²) in [7, 11) is 0. The zero-order valence-electron chi connectivity index (χ0n) is 7.01. The SMILES string of the molecule is O=C(NCC(F)F)c1ccc(Cl)nc1. The van der Waals surface area contributed by atoms with Crippen molar-refractivity contribution < 1.29 is 13.6 Å². The van der Waals surface area contributed by atoms with Gasteiger partial charge in [0.2, 0.25) is 0 Å². The molecule has 0 saturated carbocycles. The molecule has 0 radical (unpaired) electrons. The summed E-state index contributed by atoms with van der Waals surface area (Å²) in [5.74, 6) is -0.588. The highest BCUT2D eigenvalue weighted by Crippen LogP contribution is 2.04. The molecule has 3 nitrogen and oxygen atoms in total. The van der Waals surface area contributed by atoms with Crippen LogP contribution in [0.15, 0.2) is 18.3 Å². The van der Waals surface area contributed by atoms with Crippen LogP contribution in [-0.4, -0.2) is 23.9 Å². The molecule has 1 heterocycles. The smallest absolute Gasteiger partial charge is 0.255 e. The van der Waals surface area contributed by atoms with E-state index >= 15 is 0 Å². The number of carbonyl (C=O) groups excluding carboxylic acids is 1. The Morgan fingerprint density at radius 3 is 2.79 bits per heavy atom. The molecule has 1 N–H and O–H groups in total. The average molecular weight is 221 g/mol. The van der Waals surface area contributed by atoms with E-state index < -0.39 is 18.9 Å². The van der Waals surface area contributed by atoms with Crippen LogP contribution in [0, 0.1) is 0 Å². The van der Waals surface area contributed by atoms with Crippen LogP contribution in [-0.2, 0) is 0 Å². The van der Waals surface area contributed by atoms with Gasteiger partial charge in [-0.1, -0.05) is 11.6 Å². The molecule has 1 aromatic rings. The number of nitrogens with one attached hydrogen (secondary N) is 1. The summed E-state index contributed by atoms with van der Waals surface area (Å²) in [6.45, 7) is -0.665. The monoisotopic (exact) mass is 220 g/mol. The molecule has 76 valence electrons. The molecular formula is C8H7ClF2N2O. The Hall–Kier alpha value is -1.23. The normalized spacial score (nSPS) is 10.3. The third-order valence-electron chi connectivity index (χ3n) is 1.41. The van der Waals surface area contributed by atoms with Crippen LogP contribution in [0.3, 0.4) is 0 Å². The van der Waals surface area contributed by atoms with Gasteiger partial charge in [0.05, 0.1) is 12.1 Å². The topological polar surface area (TPSA) is 42.0 Å². The molecule has 0 bridgehead atoms. The summed E-state index contributed by atoms with van der Waals surface area (Å²) in [5, 5.41) is 2.29. The molecule has 0 fully saturated rings. The molecule has 0 saturated heterocycles. The third-order valence-corrected chi connectivity index (χ3v) is 1.63. The summed E-state index contributed by atoms with van der Waals surface area (Å²) in [6, 6.07) is 2.83. The number of rotatable bonds is 3. The molecule has 0 spiro atoms. The third kappa shape index (κ3) is 3.26. The number of aromatic nitrogens is 1. The Balaban J connectivity index is 2.57. The van der Waals surface area contributed by atoms with E-state index in [-0.39, 0.29) is 10.7 Å². The lowest BCUT2D eigenvalue weighted by Gasteiger charge is -2.03. The van der Waals surface area contributed by atoms with Crippen LogP contribution in [0.2, 0.25) is 5.15 Å². The zero-order valence-corrected chi connectivity index (χ0v) is 7.76. The first-order valence-corrected chi connectivity index (χ1v) is 4.15. The summed E-state index contributed by atoms with van der Waals surface area (Å²) < 4.78 is 23.4. The highest BCUT2D eigenvalue weighted by molar-refractivity contribution is 6.29. The fraction of sp³-hybridized carbons (Fsp3) is 0.250. The molecule has 6 heteroatoms. The van der Waals surface area contributed by atoms with E-state index in [2.05, 4.69) is 4.98 Å². The van der Waals surface area contributed by atoms with Crippen molar-refractivity contribution in [2.24, 2.45) is 0 Å². The number of hydrogen-bond acceptors (Lipinski definition) is 2. The number of halogens is 3. The molecule has 0 unspecified atom stereocenters. The van der Waals surface area contributed by atoms with Crippen molar-refractivity contribution in [3.8, 4) is 0 Å². The molecule has 1 amide bonds. The summed E-state index contributed by atoms with van der Waals surface area (Å²) >= 11 is 5.48. The number of pyridine rings is 1. The number of carbonyl (C=O) groups is 1. The summed E-state index contributed by atoms with van der Waals surface area (Å²) in [4.78, 5) is 14.8. The molecule has 0 aliphatic rings. The lowest BCUT2D eigenvalue weighted by Crippen LogP contribution is -2.28. The minimum atomic E-state index is -2.56. The fourth-order valence-electron chi connectivity index (χ4n) is 0.782. The van der Waals surface area contributed by atoms with E-state index in [9.17, 15) is 13.6 Å². The Morgan fingerprint density at radius 2 is 2.29 bits per heavy atom. The minimum absolute atomic E-state index is 0.204. The predicted octanol–water partition coefficient (Wildman–Crippen LogP) is 1.73. The zero-order chi connectivity index (χ0) is 10.6. The molecule has 0 aliphatic heterocycles. The van der Waals surface area contributed by atoms with E-state index in [0.717, 1.165) is 0 Å². The highest BCUT2D eigenvalue weighted by Gasteiger charge is 2.08. The van der Waals surface area contributed by atoms with Gasteiger partial charge in [-0.2, -0.15) is 0 Å². The van der Waals surface area contributed by atoms with Crippen LogP contribution in [0.5, 0.6) is 0 Å². The van der Waals surface area contributed by atoms with Crippen LogP contribution < -0.4 is 5.32 Å². The van der Waals surface area contributed by atoms with E-state index in [1.54, 1.807) is 0 Å². The maximum absolute atomic E-state index is 11.7. The first kappa shape index (κ1) is 10.8. The van der Waals surface area contributed by atoms with Crippen LogP contribution in [0.1, 0.15) is 10.4 Å². The van der Waals surface area contributed by atoms with Crippen molar-refractivity contribution in [1.82, 2.24) is 10.3 Å². The van der Waals surface area contributed by atoms with Crippen LogP contribution in [0.4, 0.5) is 8.78 Å². The Kier molecular flexibility index (Phi) is 3.76. The largest absolute Gasteiger partial charge is 0.346 e. The Bertz CT molecular complexity index is 316. The fourth-order valence-corrected chi connectivity index (χ4v) is 0.894. The maximum Gasteiger partial charge on any atom is 0.255 e. The second-order valence-electron chi connectivity index (χ2n) is 2.47. The van der Waals surface area contributed by atoms with Crippen molar-refractivity contribution in [2.45, 2.75) is 6.43 Å². The van der Waals surface area contributed by atoms with Crippen LogP contribution in [0.25, 0.3) is 0 Å². The first-order chi connectivity index (χ1) is 6.59. The molecule has 0 aromatic carbocycles. The van der Waals surface area contributed by atoms with Gasteiger partial charge in [0, 0.05) is 6.20 Å². The van der Waals surface area contributed by atoms with E-state index in [4.69, 9.17) is 11.6 Å². The van der Waals surface area contributed by atoms with Gasteiger partial charge < -0.3 is 5.32 Å². The number of nitrogens with zero attached hydrogens (tertiary/aromatic N) is 1.